The molecule has 2 amide bonds. The van der Waals surface area contributed by atoms with Gasteiger partial charge in [-0.15, -0.1) is 16.8 Å². The summed E-state index contributed by atoms with van der Waals surface area (Å²) in [4.78, 5) is 24.6. The first-order valence-electron chi connectivity index (χ1n) is 9.92. The molecule has 2 N–H and O–H groups in total. The standard InChI is InChI=1S/C22H19Cl3FN5O2S/c1-2-9-31-19(7-8-27-21(33)13-3-5-15(23)16(24)10-13)29-30-22(31)34-12-20(32)28-14-4-6-18(26)17(25)11-14/h2-6,10-11H,1,7-9,12H2,(H,27,33)(H,28,32). The van der Waals surface area contributed by atoms with E-state index in [1.807, 2.05) is 4.57 Å². The molecular formula is C22H19Cl3FN5O2S. The lowest BCUT2D eigenvalue weighted by molar-refractivity contribution is -0.113. The zero-order chi connectivity index (χ0) is 24.7. The monoisotopic (exact) mass is 541 g/mol. The molecule has 0 spiro atoms. The Hall–Kier alpha value is -2.59. The van der Waals surface area contributed by atoms with E-state index in [0.29, 0.717) is 51.8 Å². The molecule has 7 nitrogen and oxygen atoms in total. The Morgan fingerprint density at radius 2 is 1.88 bits per heavy atom. The van der Waals surface area contributed by atoms with Gasteiger partial charge in [0.1, 0.15) is 11.6 Å². The second-order valence-electron chi connectivity index (χ2n) is 6.90. The third-order valence-corrected chi connectivity index (χ3v) is 6.45. The van der Waals surface area contributed by atoms with Crippen LogP contribution in [0.2, 0.25) is 15.1 Å². The number of nitrogens with zero attached hydrogens (tertiary/aromatic N) is 3. The van der Waals surface area contributed by atoms with Gasteiger partial charge in [0.15, 0.2) is 5.16 Å². The van der Waals surface area contributed by atoms with Gasteiger partial charge in [0.05, 0.1) is 20.8 Å². The van der Waals surface area contributed by atoms with Crippen molar-refractivity contribution in [1.82, 2.24) is 20.1 Å². The molecule has 0 aliphatic carbocycles. The van der Waals surface area contributed by atoms with Crippen LogP contribution < -0.4 is 10.6 Å². The van der Waals surface area contributed by atoms with Crippen LogP contribution in [0.1, 0.15) is 16.2 Å². The molecule has 0 saturated heterocycles. The molecule has 1 aromatic heterocycles. The van der Waals surface area contributed by atoms with E-state index in [4.69, 9.17) is 34.8 Å². The van der Waals surface area contributed by atoms with Gasteiger partial charge in [-0.2, -0.15) is 0 Å². The van der Waals surface area contributed by atoms with Crippen molar-refractivity contribution in [3.63, 3.8) is 0 Å². The van der Waals surface area contributed by atoms with E-state index < -0.39 is 5.82 Å². The van der Waals surface area contributed by atoms with E-state index in [2.05, 4.69) is 27.4 Å². The molecule has 3 aromatic rings. The maximum absolute atomic E-state index is 13.3. The van der Waals surface area contributed by atoms with Crippen molar-refractivity contribution in [3.8, 4) is 0 Å². The molecule has 12 heteroatoms. The van der Waals surface area contributed by atoms with Crippen LogP contribution in [0, 0.1) is 5.82 Å². The average Bonchev–Trinajstić information content (AvgIpc) is 3.18. The highest BCUT2D eigenvalue weighted by Crippen LogP contribution is 2.23. The van der Waals surface area contributed by atoms with Crippen LogP contribution in [0.3, 0.4) is 0 Å². The van der Waals surface area contributed by atoms with Gasteiger partial charge in [-0.3, -0.25) is 9.59 Å². The molecule has 0 unspecified atom stereocenters. The second kappa shape index (κ2) is 12.2. The van der Waals surface area contributed by atoms with Crippen molar-refractivity contribution in [1.29, 1.82) is 0 Å². The first kappa shape index (κ1) is 26.0. The van der Waals surface area contributed by atoms with Crippen LogP contribution >= 0.6 is 46.6 Å². The van der Waals surface area contributed by atoms with Gasteiger partial charge in [-0.25, -0.2) is 4.39 Å². The minimum absolute atomic E-state index is 0.0539. The molecule has 3 rings (SSSR count). The summed E-state index contributed by atoms with van der Waals surface area (Å²) in [5, 5.41) is 14.9. The zero-order valence-electron chi connectivity index (χ0n) is 17.7. The SMILES string of the molecule is C=CCn1c(CCNC(=O)c2ccc(Cl)c(Cl)c2)nnc1SCC(=O)Nc1ccc(F)c(Cl)c1. The van der Waals surface area contributed by atoms with E-state index in [0.717, 1.165) is 0 Å². The maximum Gasteiger partial charge on any atom is 0.251 e. The average molecular weight is 543 g/mol. The van der Waals surface area contributed by atoms with Crippen molar-refractivity contribution in [2.45, 2.75) is 18.1 Å². The van der Waals surface area contributed by atoms with Gasteiger partial charge in [0.2, 0.25) is 5.91 Å². The normalized spacial score (nSPS) is 10.7. The summed E-state index contributed by atoms with van der Waals surface area (Å²) in [7, 11) is 0. The number of aromatic nitrogens is 3. The van der Waals surface area contributed by atoms with E-state index in [1.54, 1.807) is 18.2 Å². The lowest BCUT2D eigenvalue weighted by atomic mass is 10.2. The van der Waals surface area contributed by atoms with Crippen molar-refractivity contribution in [2.75, 3.05) is 17.6 Å². The van der Waals surface area contributed by atoms with E-state index in [-0.39, 0.29) is 22.6 Å². The minimum atomic E-state index is -0.563. The van der Waals surface area contributed by atoms with Gasteiger partial charge in [-0.1, -0.05) is 52.6 Å². The third kappa shape index (κ3) is 6.96. The van der Waals surface area contributed by atoms with Crippen molar-refractivity contribution < 1.29 is 14.0 Å². The summed E-state index contributed by atoms with van der Waals surface area (Å²) < 4.78 is 15.1. The minimum Gasteiger partial charge on any atom is -0.352 e. The van der Waals surface area contributed by atoms with Crippen molar-refractivity contribution in [2.24, 2.45) is 0 Å². The summed E-state index contributed by atoms with van der Waals surface area (Å²) >= 11 is 18.8. The molecule has 0 radical (unpaired) electrons. The van der Waals surface area contributed by atoms with Gasteiger partial charge in [0, 0.05) is 30.8 Å². The molecule has 0 bridgehead atoms. The molecule has 0 atom stereocenters. The highest BCUT2D eigenvalue weighted by Gasteiger charge is 2.15. The Morgan fingerprint density at radius 3 is 2.59 bits per heavy atom. The molecule has 0 aliphatic rings. The predicted molar refractivity (Wildman–Crippen MR) is 133 cm³/mol. The van der Waals surface area contributed by atoms with Crippen LogP contribution in [0.4, 0.5) is 10.1 Å². The quantitative estimate of drug-likeness (QED) is 0.269. The summed E-state index contributed by atoms with van der Waals surface area (Å²) in [6, 6.07) is 8.59. The Labute approximate surface area is 214 Å². The van der Waals surface area contributed by atoms with Crippen LogP contribution in [0.5, 0.6) is 0 Å². The summed E-state index contributed by atoms with van der Waals surface area (Å²) in [6.45, 7) is 4.49. The Balaban J connectivity index is 1.56. The third-order valence-electron chi connectivity index (χ3n) is 4.46. The number of carbonyl (C=O) groups is 2. The first-order chi connectivity index (χ1) is 16.3. The molecule has 1 heterocycles. The number of allylic oxidation sites excluding steroid dienone is 1. The van der Waals surface area contributed by atoms with Gasteiger partial charge < -0.3 is 15.2 Å². The van der Waals surface area contributed by atoms with Crippen LogP contribution in [-0.2, 0) is 17.8 Å². The molecule has 0 fully saturated rings. The van der Waals surface area contributed by atoms with E-state index in [9.17, 15) is 14.0 Å². The zero-order valence-corrected chi connectivity index (χ0v) is 20.7. The number of benzene rings is 2. The fourth-order valence-corrected chi connectivity index (χ4v) is 4.10. The molecule has 2 aromatic carbocycles. The molecule has 0 aliphatic heterocycles. The molecule has 0 saturated carbocycles. The van der Waals surface area contributed by atoms with Crippen LogP contribution in [0.25, 0.3) is 0 Å². The topological polar surface area (TPSA) is 88.9 Å². The van der Waals surface area contributed by atoms with E-state index in [1.165, 1.54) is 36.0 Å². The highest BCUT2D eigenvalue weighted by molar-refractivity contribution is 7.99. The maximum atomic E-state index is 13.3. The Morgan fingerprint density at radius 1 is 1.09 bits per heavy atom. The summed E-state index contributed by atoms with van der Waals surface area (Å²) in [5.74, 6) is -0.482. The lowest BCUT2D eigenvalue weighted by Gasteiger charge is -2.09. The van der Waals surface area contributed by atoms with Crippen molar-refractivity contribution in [3.05, 3.63) is 81.3 Å². The largest absolute Gasteiger partial charge is 0.352 e. The number of carbonyl (C=O) groups excluding carboxylic acids is 2. The number of hydrogen-bond acceptors (Lipinski definition) is 5. The first-order valence-corrected chi connectivity index (χ1v) is 12.0. The van der Waals surface area contributed by atoms with E-state index >= 15 is 0 Å². The van der Waals surface area contributed by atoms with Crippen LogP contribution in [0.15, 0.2) is 54.2 Å². The highest BCUT2D eigenvalue weighted by atomic mass is 35.5. The number of anilines is 1. The fraction of sp³-hybridized carbons (Fsp3) is 0.182. The Kier molecular flexibility index (Phi) is 9.35. The van der Waals surface area contributed by atoms with Gasteiger partial charge >= 0.3 is 0 Å². The van der Waals surface area contributed by atoms with Crippen LogP contribution in [-0.4, -0.2) is 38.9 Å². The molecule has 178 valence electrons. The predicted octanol–water partition coefficient (Wildman–Crippen LogP) is 5.27. The second-order valence-corrected chi connectivity index (χ2v) is 9.06. The lowest BCUT2D eigenvalue weighted by Crippen LogP contribution is -2.26. The van der Waals surface area contributed by atoms with Gasteiger partial charge in [-0.05, 0) is 36.4 Å². The summed E-state index contributed by atoms with van der Waals surface area (Å²) in [5.41, 5.74) is 0.787. The smallest absolute Gasteiger partial charge is 0.251 e. The number of nitrogens with one attached hydrogen (secondary N) is 2. The molecule has 34 heavy (non-hydrogen) atoms. The van der Waals surface area contributed by atoms with Gasteiger partial charge in [0.25, 0.3) is 5.91 Å². The number of thioether (sulfide) groups is 1. The number of rotatable bonds is 10. The molecular weight excluding hydrogens is 524 g/mol. The van der Waals surface area contributed by atoms with Crippen molar-refractivity contribution >= 4 is 64.1 Å². The Bertz CT molecular complexity index is 1220. The summed E-state index contributed by atoms with van der Waals surface area (Å²) in [6.07, 6.45) is 2.10. The number of halogens is 4. The number of amides is 2. The fourth-order valence-electron chi connectivity index (χ4n) is 2.85. The number of hydrogen-bond donors (Lipinski definition) is 2.